The van der Waals surface area contributed by atoms with Crippen molar-refractivity contribution in [1.29, 1.82) is 0 Å². The third kappa shape index (κ3) is 6.05. The Labute approximate surface area is 64.4 Å². The number of nitrogens with two attached hydrogens (primary N) is 2. The minimum atomic E-state index is 0.810. The van der Waals surface area contributed by atoms with E-state index in [0.717, 1.165) is 6.04 Å². The second-order valence-corrected chi connectivity index (χ2v) is 2.90. The molecule has 0 amide bonds. The number of rotatable bonds is 6. The van der Waals surface area contributed by atoms with Gasteiger partial charge in [0, 0.05) is 0 Å². The summed E-state index contributed by atoms with van der Waals surface area (Å²) in [7, 11) is 0. The average molecular weight is 146 g/mol. The van der Waals surface area contributed by atoms with Crippen LogP contribution in [0.5, 0.6) is 0 Å². The van der Waals surface area contributed by atoms with Crippen molar-refractivity contribution < 1.29 is 10.6 Å². The number of hydrogen-bond acceptors (Lipinski definition) is 0. The van der Waals surface area contributed by atoms with Gasteiger partial charge in [-0.2, -0.15) is 0 Å². The Hall–Kier alpha value is -0.0800. The van der Waals surface area contributed by atoms with Crippen molar-refractivity contribution in [3.63, 3.8) is 0 Å². The zero-order valence-corrected chi connectivity index (χ0v) is 7.56. The SMILES string of the molecule is CC[NH2+]CC[NH2+][C@@H](C)CC. The Balaban J connectivity index is 2.89. The molecule has 0 radical (unpaired) electrons. The molecule has 0 aliphatic heterocycles. The van der Waals surface area contributed by atoms with Crippen LogP contribution in [0.3, 0.4) is 0 Å². The number of likely N-dealkylation sites (N-methyl/N-ethyl adjacent to an activating group) is 1. The minimum Gasteiger partial charge on any atom is -0.342 e. The Kier molecular flexibility index (Phi) is 6.98. The molecule has 0 saturated heterocycles. The molecule has 0 aliphatic rings. The van der Waals surface area contributed by atoms with Gasteiger partial charge in [-0.1, -0.05) is 6.92 Å². The van der Waals surface area contributed by atoms with Crippen LogP contribution in [0.15, 0.2) is 0 Å². The molecular weight excluding hydrogens is 124 g/mol. The van der Waals surface area contributed by atoms with Gasteiger partial charge in [-0.15, -0.1) is 0 Å². The standard InChI is InChI=1S/C8H20N2/c1-4-8(3)10-7-6-9-5-2/h8-10H,4-7H2,1-3H3/p+2/t8-/m0/s1. The van der Waals surface area contributed by atoms with Crippen molar-refractivity contribution in [2.45, 2.75) is 33.2 Å². The Morgan fingerprint density at radius 1 is 1.20 bits per heavy atom. The van der Waals surface area contributed by atoms with Crippen molar-refractivity contribution in [3.8, 4) is 0 Å². The molecule has 62 valence electrons. The third-order valence-electron chi connectivity index (χ3n) is 1.87. The number of quaternary nitrogens is 2. The van der Waals surface area contributed by atoms with Gasteiger partial charge in [-0.05, 0) is 20.3 Å². The smallest absolute Gasteiger partial charge is 0.125 e. The summed E-state index contributed by atoms with van der Waals surface area (Å²) >= 11 is 0. The largest absolute Gasteiger partial charge is 0.342 e. The summed E-state index contributed by atoms with van der Waals surface area (Å²) in [6, 6.07) is 0.810. The molecule has 0 aromatic rings. The van der Waals surface area contributed by atoms with Crippen LogP contribution in [0.1, 0.15) is 27.2 Å². The van der Waals surface area contributed by atoms with E-state index in [9.17, 15) is 0 Å². The number of hydrogen-bond donors (Lipinski definition) is 2. The molecule has 0 unspecified atom stereocenters. The maximum atomic E-state index is 2.42. The molecule has 0 aromatic carbocycles. The van der Waals surface area contributed by atoms with Gasteiger partial charge in [-0.3, -0.25) is 0 Å². The molecule has 0 spiro atoms. The quantitative estimate of drug-likeness (QED) is 0.448. The zero-order chi connectivity index (χ0) is 7.82. The fraction of sp³-hybridized carbons (Fsp3) is 1.00. The highest BCUT2D eigenvalue weighted by atomic mass is 15.0. The second kappa shape index (κ2) is 7.03. The van der Waals surface area contributed by atoms with Crippen molar-refractivity contribution in [2.24, 2.45) is 0 Å². The molecule has 0 heterocycles. The van der Waals surface area contributed by atoms with Gasteiger partial charge in [-0.25, -0.2) is 0 Å². The van der Waals surface area contributed by atoms with E-state index >= 15 is 0 Å². The van der Waals surface area contributed by atoms with Crippen LogP contribution in [-0.4, -0.2) is 25.7 Å². The summed E-state index contributed by atoms with van der Waals surface area (Å²) in [6.45, 7) is 10.5. The fourth-order valence-electron chi connectivity index (χ4n) is 0.869. The highest BCUT2D eigenvalue weighted by molar-refractivity contribution is 4.36. The van der Waals surface area contributed by atoms with Crippen LogP contribution < -0.4 is 10.6 Å². The molecule has 0 bridgehead atoms. The van der Waals surface area contributed by atoms with Crippen molar-refractivity contribution in [1.82, 2.24) is 0 Å². The van der Waals surface area contributed by atoms with E-state index < -0.39 is 0 Å². The molecule has 10 heavy (non-hydrogen) atoms. The molecule has 0 aromatic heterocycles. The topological polar surface area (TPSA) is 33.2 Å². The maximum absolute atomic E-state index is 2.42. The molecule has 0 saturated carbocycles. The molecule has 0 fully saturated rings. The predicted molar refractivity (Wildman–Crippen MR) is 43.9 cm³/mol. The maximum Gasteiger partial charge on any atom is 0.125 e. The van der Waals surface area contributed by atoms with E-state index in [2.05, 4.69) is 31.4 Å². The van der Waals surface area contributed by atoms with Crippen molar-refractivity contribution in [3.05, 3.63) is 0 Å². The lowest BCUT2D eigenvalue weighted by atomic mass is 10.3. The molecule has 1 atom stereocenters. The second-order valence-electron chi connectivity index (χ2n) is 2.90. The first-order valence-electron chi connectivity index (χ1n) is 4.46. The zero-order valence-electron chi connectivity index (χ0n) is 7.56. The molecule has 0 aliphatic carbocycles. The molecule has 2 nitrogen and oxygen atoms in total. The summed E-state index contributed by atoms with van der Waals surface area (Å²) in [4.78, 5) is 0. The van der Waals surface area contributed by atoms with E-state index in [1.54, 1.807) is 0 Å². The highest BCUT2D eigenvalue weighted by Gasteiger charge is 1.99. The Morgan fingerprint density at radius 3 is 2.40 bits per heavy atom. The first-order valence-corrected chi connectivity index (χ1v) is 4.46. The van der Waals surface area contributed by atoms with Gasteiger partial charge in [0.05, 0.1) is 12.6 Å². The van der Waals surface area contributed by atoms with Gasteiger partial charge in [0.2, 0.25) is 0 Å². The van der Waals surface area contributed by atoms with Crippen LogP contribution in [0.4, 0.5) is 0 Å². The van der Waals surface area contributed by atoms with E-state index in [0.29, 0.717) is 0 Å². The van der Waals surface area contributed by atoms with Crippen LogP contribution >= 0.6 is 0 Å². The van der Waals surface area contributed by atoms with E-state index in [1.807, 2.05) is 0 Å². The third-order valence-corrected chi connectivity index (χ3v) is 1.87. The molecule has 4 N–H and O–H groups in total. The Bertz CT molecular complexity index is 64.3. The van der Waals surface area contributed by atoms with Crippen molar-refractivity contribution in [2.75, 3.05) is 19.6 Å². The van der Waals surface area contributed by atoms with Gasteiger partial charge >= 0.3 is 0 Å². The summed E-state index contributed by atoms with van der Waals surface area (Å²) in [5.41, 5.74) is 0. The van der Waals surface area contributed by atoms with Crippen LogP contribution in [-0.2, 0) is 0 Å². The summed E-state index contributed by atoms with van der Waals surface area (Å²) in [5, 5.41) is 4.77. The minimum absolute atomic E-state index is 0.810. The van der Waals surface area contributed by atoms with Gasteiger partial charge in [0.1, 0.15) is 13.1 Å². The normalized spacial score (nSPS) is 13.5. The predicted octanol–water partition coefficient (Wildman–Crippen LogP) is -1.07. The summed E-state index contributed by atoms with van der Waals surface area (Å²) < 4.78 is 0. The first kappa shape index (κ1) is 9.92. The lowest BCUT2D eigenvalue weighted by Gasteiger charge is -2.05. The fourth-order valence-corrected chi connectivity index (χ4v) is 0.869. The van der Waals surface area contributed by atoms with Gasteiger partial charge < -0.3 is 10.6 Å². The van der Waals surface area contributed by atoms with E-state index in [-0.39, 0.29) is 0 Å². The van der Waals surface area contributed by atoms with Gasteiger partial charge in [0.15, 0.2) is 0 Å². The monoisotopic (exact) mass is 146 g/mol. The molecule has 0 rings (SSSR count). The van der Waals surface area contributed by atoms with E-state index in [4.69, 9.17) is 0 Å². The summed E-state index contributed by atoms with van der Waals surface area (Å²) in [6.07, 6.45) is 1.28. The summed E-state index contributed by atoms with van der Waals surface area (Å²) in [5.74, 6) is 0. The lowest BCUT2D eigenvalue weighted by molar-refractivity contribution is -0.738. The lowest BCUT2D eigenvalue weighted by Crippen LogP contribution is -2.97. The highest BCUT2D eigenvalue weighted by Crippen LogP contribution is 1.76. The van der Waals surface area contributed by atoms with Crippen LogP contribution in [0.2, 0.25) is 0 Å². The van der Waals surface area contributed by atoms with Gasteiger partial charge in [0.25, 0.3) is 0 Å². The van der Waals surface area contributed by atoms with Crippen LogP contribution in [0.25, 0.3) is 0 Å². The van der Waals surface area contributed by atoms with Crippen molar-refractivity contribution >= 4 is 0 Å². The first-order chi connectivity index (χ1) is 4.81. The average Bonchev–Trinajstić information content (AvgIpc) is 1.98. The van der Waals surface area contributed by atoms with E-state index in [1.165, 1.54) is 26.1 Å². The molecular formula is C8H22N2+2. The van der Waals surface area contributed by atoms with Crippen LogP contribution in [0, 0.1) is 0 Å². The molecule has 2 heteroatoms. The Morgan fingerprint density at radius 2 is 1.90 bits per heavy atom.